The average molecular weight is 290 g/mol. The molecule has 2 atom stereocenters. The molecule has 0 amide bonds. The van der Waals surface area contributed by atoms with E-state index in [-0.39, 0.29) is 0 Å². The first kappa shape index (κ1) is 14.7. The molecule has 2 fully saturated rings. The lowest BCUT2D eigenvalue weighted by Gasteiger charge is -2.37. The quantitative estimate of drug-likeness (QED) is 0.922. The lowest BCUT2D eigenvalue weighted by molar-refractivity contribution is 0.117. The number of hydrogen-bond donors (Lipinski definition) is 1. The van der Waals surface area contributed by atoms with Gasteiger partial charge in [-0.15, -0.1) is 0 Å². The number of fused-ring (bicyclic) bond motifs is 1. The molecular weight excluding hydrogens is 264 g/mol. The summed E-state index contributed by atoms with van der Waals surface area (Å²) < 4.78 is 10.8. The molecule has 21 heavy (non-hydrogen) atoms. The zero-order valence-electron chi connectivity index (χ0n) is 13.3. The van der Waals surface area contributed by atoms with Crippen molar-refractivity contribution in [3.8, 4) is 11.5 Å². The zero-order chi connectivity index (χ0) is 14.8. The van der Waals surface area contributed by atoms with Gasteiger partial charge in [-0.25, -0.2) is 0 Å². The van der Waals surface area contributed by atoms with Crippen LogP contribution < -0.4 is 14.8 Å². The molecule has 3 rings (SSSR count). The second kappa shape index (κ2) is 6.24. The van der Waals surface area contributed by atoms with Crippen molar-refractivity contribution in [3.05, 3.63) is 23.3 Å². The van der Waals surface area contributed by atoms with Crippen molar-refractivity contribution in [1.29, 1.82) is 0 Å². The van der Waals surface area contributed by atoms with Crippen LogP contribution in [0.25, 0.3) is 0 Å². The Hall–Kier alpha value is -1.26. The van der Waals surface area contributed by atoms with Gasteiger partial charge in [0.2, 0.25) is 0 Å². The topological polar surface area (TPSA) is 33.7 Å². The van der Waals surface area contributed by atoms with Crippen molar-refractivity contribution >= 4 is 0 Å². The van der Waals surface area contributed by atoms with Crippen LogP contribution in [-0.2, 0) is 6.54 Å². The minimum absolute atomic E-state index is 0.700. The number of likely N-dealkylation sites (tertiary alicyclic amines) is 1. The maximum Gasteiger partial charge on any atom is 0.161 e. The summed E-state index contributed by atoms with van der Waals surface area (Å²) in [6, 6.07) is 4.93. The molecule has 0 aromatic heterocycles. The van der Waals surface area contributed by atoms with E-state index in [1.165, 1.54) is 37.1 Å². The highest BCUT2D eigenvalue weighted by molar-refractivity contribution is 5.47. The third kappa shape index (κ3) is 2.87. The fourth-order valence-electron chi connectivity index (χ4n) is 3.77. The van der Waals surface area contributed by atoms with Crippen LogP contribution in [0.3, 0.4) is 0 Å². The van der Waals surface area contributed by atoms with Gasteiger partial charge in [-0.1, -0.05) is 0 Å². The minimum Gasteiger partial charge on any atom is -0.493 e. The van der Waals surface area contributed by atoms with Crippen LogP contribution in [0.2, 0.25) is 0 Å². The van der Waals surface area contributed by atoms with E-state index in [0.717, 1.165) is 30.5 Å². The largest absolute Gasteiger partial charge is 0.493 e. The molecule has 1 aromatic carbocycles. The molecule has 0 spiro atoms. The van der Waals surface area contributed by atoms with Crippen molar-refractivity contribution in [2.75, 3.05) is 33.9 Å². The van der Waals surface area contributed by atoms with Crippen molar-refractivity contribution < 1.29 is 9.47 Å². The lowest BCUT2D eigenvalue weighted by Crippen LogP contribution is -2.44. The van der Waals surface area contributed by atoms with Gasteiger partial charge in [0, 0.05) is 19.1 Å². The fourth-order valence-corrected chi connectivity index (χ4v) is 3.77. The van der Waals surface area contributed by atoms with Gasteiger partial charge in [0.1, 0.15) is 0 Å². The molecule has 2 aliphatic heterocycles. The summed E-state index contributed by atoms with van der Waals surface area (Å²) in [6.45, 7) is 6.69. The van der Waals surface area contributed by atoms with Crippen LogP contribution >= 0.6 is 0 Å². The molecule has 2 aliphatic rings. The molecule has 0 radical (unpaired) electrons. The second-order valence-corrected chi connectivity index (χ2v) is 6.23. The Bertz CT molecular complexity index is 504. The van der Waals surface area contributed by atoms with Crippen molar-refractivity contribution in [2.24, 2.45) is 5.92 Å². The molecule has 2 heterocycles. The molecule has 0 saturated carbocycles. The van der Waals surface area contributed by atoms with Gasteiger partial charge < -0.3 is 14.8 Å². The van der Waals surface area contributed by atoms with E-state index in [9.17, 15) is 0 Å². The molecule has 1 aromatic rings. The van der Waals surface area contributed by atoms with Crippen LogP contribution in [0.15, 0.2) is 12.1 Å². The number of piperidine rings is 1. The highest BCUT2D eigenvalue weighted by Crippen LogP contribution is 2.33. The van der Waals surface area contributed by atoms with Crippen molar-refractivity contribution in [2.45, 2.75) is 32.4 Å². The predicted octanol–water partition coefficient (Wildman–Crippen LogP) is 2.20. The third-order valence-corrected chi connectivity index (χ3v) is 5.01. The standard InChI is InChI=1S/C17H26N2O2/c1-12-7-16(20-2)17(21-3)8-14(12)11-19-6-4-5-13-9-18-10-15(13)19/h7-8,13,15,18H,4-6,9-11H2,1-3H3. The normalized spacial score (nSPS) is 25.7. The maximum atomic E-state index is 5.45. The number of ether oxygens (including phenoxy) is 2. The lowest BCUT2D eigenvalue weighted by atomic mass is 9.91. The van der Waals surface area contributed by atoms with E-state index in [4.69, 9.17) is 9.47 Å². The molecule has 0 aliphatic carbocycles. The van der Waals surface area contributed by atoms with Gasteiger partial charge >= 0.3 is 0 Å². The molecular formula is C17H26N2O2. The van der Waals surface area contributed by atoms with E-state index in [2.05, 4.69) is 29.3 Å². The van der Waals surface area contributed by atoms with Crippen molar-refractivity contribution in [3.63, 3.8) is 0 Å². The Morgan fingerprint density at radius 2 is 1.95 bits per heavy atom. The van der Waals surface area contributed by atoms with Gasteiger partial charge in [-0.05, 0) is 62.0 Å². The Kier molecular flexibility index (Phi) is 4.36. The second-order valence-electron chi connectivity index (χ2n) is 6.23. The van der Waals surface area contributed by atoms with E-state index in [0.29, 0.717) is 6.04 Å². The maximum absolute atomic E-state index is 5.45. The number of nitrogens with one attached hydrogen (secondary N) is 1. The third-order valence-electron chi connectivity index (χ3n) is 5.01. The van der Waals surface area contributed by atoms with Gasteiger partial charge in [-0.2, -0.15) is 0 Å². The fraction of sp³-hybridized carbons (Fsp3) is 0.647. The summed E-state index contributed by atoms with van der Waals surface area (Å²) in [6.07, 6.45) is 2.69. The summed E-state index contributed by atoms with van der Waals surface area (Å²) in [5.74, 6) is 2.48. The zero-order valence-corrected chi connectivity index (χ0v) is 13.3. The van der Waals surface area contributed by atoms with Gasteiger partial charge in [0.05, 0.1) is 14.2 Å². The van der Waals surface area contributed by atoms with Crippen LogP contribution in [-0.4, -0.2) is 44.8 Å². The monoisotopic (exact) mass is 290 g/mol. The Labute approximate surface area is 127 Å². The van der Waals surface area contributed by atoms with Crippen LogP contribution in [0.5, 0.6) is 11.5 Å². The summed E-state index contributed by atoms with van der Waals surface area (Å²) in [7, 11) is 3.39. The number of benzene rings is 1. The van der Waals surface area contributed by atoms with E-state index in [1.807, 2.05) is 0 Å². The smallest absolute Gasteiger partial charge is 0.161 e. The Morgan fingerprint density at radius 1 is 1.19 bits per heavy atom. The predicted molar refractivity (Wildman–Crippen MR) is 84.1 cm³/mol. The highest BCUT2D eigenvalue weighted by atomic mass is 16.5. The van der Waals surface area contributed by atoms with Crippen molar-refractivity contribution in [1.82, 2.24) is 10.2 Å². The van der Waals surface area contributed by atoms with Crippen LogP contribution in [0, 0.1) is 12.8 Å². The summed E-state index contributed by atoms with van der Waals surface area (Å²) in [5, 5.41) is 3.55. The molecule has 4 heteroatoms. The van der Waals surface area contributed by atoms with Gasteiger partial charge in [0.15, 0.2) is 11.5 Å². The first-order valence-corrected chi connectivity index (χ1v) is 7.89. The van der Waals surface area contributed by atoms with Crippen LogP contribution in [0.1, 0.15) is 24.0 Å². The van der Waals surface area contributed by atoms with E-state index >= 15 is 0 Å². The Balaban J connectivity index is 1.80. The summed E-state index contributed by atoms with van der Waals surface area (Å²) >= 11 is 0. The average Bonchev–Trinajstić information content (AvgIpc) is 2.98. The minimum atomic E-state index is 0.700. The summed E-state index contributed by atoms with van der Waals surface area (Å²) in [5.41, 5.74) is 2.63. The molecule has 2 saturated heterocycles. The first-order valence-electron chi connectivity index (χ1n) is 7.89. The van der Waals surface area contributed by atoms with E-state index < -0.39 is 0 Å². The van der Waals surface area contributed by atoms with E-state index in [1.54, 1.807) is 14.2 Å². The van der Waals surface area contributed by atoms with Crippen LogP contribution in [0.4, 0.5) is 0 Å². The molecule has 0 bridgehead atoms. The number of aryl methyl sites for hydroxylation is 1. The Morgan fingerprint density at radius 3 is 2.71 bits per heavy atom. The molecule has 4 nitrogen and oxygen atoms in total. The van der Waals surface area contributed by atoms with Gasteiger partial charge in [-0.3, -0.25) is 4.90 Å². The number of hydrogen-bond acceptors (Lipinski definition) is 4. The van der Waals surface area contributed by atoms with Gasteiger partial charge in [0.25, 0.3) is 0 Å². The molecule has 2 unspecified atom stereocenters. The molecule has 1 N–H and O–H groups in total. The molecule has 116 valence electrons. The number of rotatable bonds is 4. The number of methoxy groups -OCH3 is 2. The first-order chi connectivity index (χ1) is 10.2. The summed E-state index contributed by atoms with van der Waals surface area (Å²) in [4.78, 5) is 2.64. The SMILES string of the molecule is COc1cc(C)c(CN2CCCC3CNCC32)cc1OC. The number of nitrogens with zero attached hydrogens (tertiary/aromatic N) is 1. The highest BCUT2D eigenvalue weighted by Gasteiger charge is 2.34.